The van der Waals surface area contributed by atoms with Crippen LogP contribution < -0.4 is 21.3 Å². The second-order valence-electron chi connectivity index (χ2n) is 6.22. The lowest BCUT2D eigenvalue weighted by Crippen LogP contribution is -2.27. The Morgan fingerprint density at radius 3 is 1.33 bits per heavy atom. The molecule has 4 nitrogen and oxygen atoms in total. The lowest BCUT2D eigenvalue weighted by Gasteiger charge is -2.11. The van der Waals surface area contributed by atoms with Crippen LogP contribution in [0, 0.1) is 0 Å². The summed E-state index contributed by atoms with van der Waals surface area (Å²) in [6.07, 6.45) is 9.19. The Labute approximate surface area is 133 Å². The topological polar surface area (TPSA) is 48.1 Å². The fourth-order valence-corrected chi connectivity index (χ4v) is 2.21. The average Bonchev–Trinajstić information content (AvgIpc) is 2.51. The van der Waals surface area contributed by atoms with Gasteiger partial charge in [-0.25, -0.2) is 0 Å². The lowest BCUT2D eigenvalue weighted by molar-refractivity contribution is 0.503. The Morgan fingerprint density at radius 2 is 0.952 bits per heavy atom. The highest BCUT2D eigenvalue weighted by molar-refractivity contribution is 4.60. The molecule has 0 rings (SSSR count). The van der Waals surface area contributed by atoms with Crippen molar-refractivity contribution >= 4 is 0 Å². The first-order valence-corrected chi connectivity index (χ1v) is 8.96. The molecule has 21 heavy (non-hydrogen) atoms. The summed E-state index contributed by atoms with van der Waals surface area (Å²) in [7, 11) is 4.06. The average molecular weight is 301 g/mol. The normalized spacial score (nSPS) is 14.3. The quantitative estimate of drug-likeness (QED) is 0.330. The van der Waals surface area contributed by atoms with Crippen molar-refractivity contribution in [3.8, 4) is 0 Å². The van der Waals surface area contributed by atoms with Crippen molar-refractivity contribution in [3.05, 3.63) is 0 Å². The van der Waals surface area contributed by atoms with Crippen LogP contribution in [0.3, 0.4) is 0 Å². The molecule has 4 heteroatoms. The summed E-state index contributed by atoms with van der Waals surface area (Å²) in [4.78, 5) is 0. The van der Waals surface area contributed by atoms with Gasteiger partial charge in [-0.2, -0.15) is 0 Å². The van der Waals surface area contributed by atoms with Gasteiger partial charge >= 0.3 is 0 Å². The van der Waals surface area contributed by atoms with Crippen LogP contribution >= 0.6 is 0 Å². The van der Waals surface area contributed by atoms with Crippen molar-refractivity contribution in [1.82, 2.24) is 21.3 Å². The Hall–Kier alpha value is -0.160. The van der Waals surface area contributed by atoms with Gasteiger partial charge in [-0.05, 0) is 79.8 Å². The van der Waals surface area contributed by atoms with Gasteiger partial charge in [0.25, 0.3) is 0 Å². The van der Waals surface area contributed by atoms with Crippen molar-refractivity contribution < 1.29 is 0 Å². The molecular weight excluding hydrogens is 260 g/mol. The minimum absolute atomic E-state index is 0.626. The van der Waals surface area contributed by atoms with Gasteiger partial charge in [0.05, 0.1) is 0 Å². The zero-order valence-electron chi connectivity index (χ0n) is 14.9. The second-order valence-corrected chi connectivity index (χ2v) is 6.22. The van der Waals surface area contributed by atoms with Gasteiger partial charge in [-0.1, -0.05) is 19.3 Å². The fourth-order valence-electron chi connectivity index (χ4n) is 2.21. The summed E-state index contributed by atoms with van der Waals surface area (Å²) in [6.45, 7) is 9.09. The van der Waals surface area contributed by atoms with Crippen molar-refractivity contribution in [2.24, 2.45) is 0 Å². The summed E-state index contributed by atoms with van der Waals surface area (Å²) in [5.74, 6) is 0. The van der Waals surface area contributed by atoms with Gasteiger partial charge < -0.3 is 21.3 Å². The number of hydrogen-bond acceptors (Lipinski definition) is 4. The minimum Gasteiger partial charge on any atom is -0.317 e. The minimum atomic E-state index is 0.626. The summed E-state index contributed by atoms with van der Waals surface area (Å²) in [5.41, 5.74) is 0. The van der Waals surface area contributed by atoms with Crippen molar-refractivity contribution in [2.45, 2.75) is 70.9 Å². The van der Waals surface area contributed by atoms with E-state index in [-0.39, 0.29) is 0 Å². The molecule has 0 radical (unpaired) electrons. The predicted molar refractivity (Wildman–Crippen MR) is 95.1 cm³/mol. The third-order valence-corrected chi connectivity index (χ3v) is 4.20. The van der Waals surface area contributed by atoms with Gasteiger partial charge in [0, 0.05) is 12.1 Å². The maximum absolute atomic E-state index is 3.53. The highest BCUT2D eigenvalue weighted by atomic mass is 14.9. The molecule has 4 N–H and O–H groups in total. The maximum atomic E-state index is 3.53. The highest BCUT2D eigenvalue weighted by Crippen LogP contribution is 2.01. The van der Waals surface area contributed by atoms with Crippen molar-refractivity contribution in [3.63, 3.8) is 0 Å². The monoisotopic (exact) mass is 300 g/mol. The molecule has 0 aliphatic rings. The number of rotatable bonds is 16. The molecule has 0 aromatic carbocycles. The molecule has 0 aliphatic carbocycles. The summed E-state index contributed by atoms with van der Waals surface area (Å²) < 4.78 is 0. The Kier molecular flexibility index (Phi) is 16.1. The van der Waals surface area contributed by atoms with Crippen LogP contribution in [0.5, 0.6) is 0 Å². The van der Waals surface area contributed by atoms with Crippen LogP contribution in [-0.4, -0.2) is 52.4 Å². The van der Waals surface area contributed by atoms with Crippen LogP contribution in [0.4, 0.5) is 0 Å². The Balaban J connectivity index is 3.03. The molecule has 0 bridgehead atoms. The lowest BCUT2D eigenvalue weighted by atomic mass is 10.1. The molecule has 0 heterocycles. The van der Waals surface area contributed by atoms with E-state index in [1.54, 1.807) is 0 Å². The van der Waals surface area contributed by atoms with Crippen LogP contribution in [0.25, 0.3) is 0 Å². The summed E-state index contributed by atoms with van der Waals surface area (Å²) in [6, 6.07) is 1.25. The Morgan fingerprint density at radius 1 is 0.571 bits per heavy atom. The van der Waals surface area contributed by atoms with Gasteiger partial charge in [0.2, 0.25) is 0 Å². The number of hydrogen-bond donors (Lipinski definition) is 4. The van der Waals surface area contributed by atoms with E-state index in [4.69, 9.17) is 0 Å². The summed E-state index contributed by atoms with van der Waals surface area (Å²) in [5, 5.41) is 13.6. The van der Waals surface area contributed by atoms with Crippen LogP contribution in [-0.2, 0) is 0 Å². The molecule has 2 atom stereocenters. The fraction of sp³-hybridized carbons (Fsp3) is 1.00. The number of nitrogens with one attached hydrogen (secondary N) is 4. The van der Waals surface area contributed by atoms with E-state index in [9.17, 15) is 0 Å². The van der Waals surface area contributed by atoms with Crippen molar-refractivity contribution in [1.29, 1.82) is 0 Å². The molecule has 0 unspecified atom stereocenters. The number of unbranched alkanes of at least 4 members (excludes halogenated alkanes) is 4. The van der Waals surface area contributed by atoms with Gasteiger partial charge in [0.1, 0.15) is 0 Å². The smallest absolute Gasteiger partial charge is 0.00478 e. The van der Waals surface area contributed by atoms with Crippen LogP contribution in [0.15, 0.2) is 0 Å². The van der Waals surface area contributed by atoms with Gasteiger partial charge in [0.15, 0.2) is 0 Å². The van der Waals surface area contributed by atoms with E-state index in [0.29, 0.717) is 12.1 Å². The first-order valence-electron chi connectivity index (χ1n) is 8.96. The molecule has 0 saturated heterocycles. The molecule has 0 aromatic heterocycles. The zero-order valence-corrected chi connectivity index (χ0v) is 14.9. The largest absolute Gasteiger partial charge is 0.317 e. The first kappa shape index (κ1) is 20.8. The molecular formula is C17H40N4. The second kappa shape index (κ2) is 16.2. The third kappa shape index (κ3) is 16.0. The molecule has 0 spiro atoms. The zero-order chi connectivity index (χ0) is 15.8. The van der Waals surface area contributed by atoms with E-state index in [1.807, 2.05) is 14.1 Å². The first-order chi connectivity index (χ1) is 10.2. The molecule has 0 fully saturated rings. The van der Waals surface area contributed by atoms with Crippen LogP contribution in [0.2, 0.25) is 0 Å². The molecule has 0 amide bonds. The molecule has 0 aromatic rings. The Bertz CT molecular complexity index is 179. The highest BCUT2D eigenvalue weighted by Gasteiger charge is 1.97. The summed E-state index contributed by atoms with van der Waals surface area (Å²) >= 11 is 0. The molecule has 0 aliphatic heterocycles. The van der Waals surface area contributed by atoms with Gasteiger partial charge in [-0.15, -0.1) is 0 Å². The standard InChI is InChI=1S/C17H40N4/c1-16(18-3)10-14-20-12-8-6-5-7-9-13-21-15-11-17(2)19-4/h16-21H,5-15H2,1-4H3/t16-,17-/m0/s1. The van der Waals surface area contributed by atoms with E-state index in [0.717, 1.165) is 13.1 Å². The van der Waals surface area contributed by atoms with E-state index < -0.39 is 0 Å². The van der Waals surface area contributed by atoms with Crippen LogP contribution in [0.1, 0.15) is 58.8 Å². The molecule has 0 saturated carbocycles. The van der Waals surface area contributed by atoms with E-state index in [1.165, 1.54) is 58.0 Å². The van der Waals surface area contributed by atoms with E-state index >= 15 is 0 Å². The predicted octanol–water partition coefficient (Wildman–Crippen LogP) is 2.11. The molecule has 128 valence electrons. The van der Waals surface area contributed by atoms with Gasteiger partial charge in [-0.3, -0.25) is 0 Å². The van der Waals surface area contributed by atoms with Crippen molar-refractivity contribution in [2.75, 3.05) is 40.3 Å². The SMILES string of the molecule is CN[C@@H](C)CCNCCCCCCCNCC[C@H](C)NC. The maximum Gasteiger partial charge on any atom is 0.00478 e. The third-order valence-electron chi connectivity index (χ3n) is 4.20. The van der Waals surface area contributed by atoms with E-state index in [2.05, 4.69) is 35.1 Å².